The Morgan fingerprint density at radius 2 is 2.16 bits per heavy atom. The summed E-state index contributed by atoms with van der Waals surface area (Å²) in [4.78, 5) is 13.7. The first-order valence-electron chi connectivity index (χ1n) is 6.70. The zero-order chi connectivity index (χ0) is 14.5. The third kappa shape index (κ3) is 5.42. The van der Waals surface area contributed by atoms with Gasteiger partial charge in [-0.25, -0.2) is 0 Å². The van der Waals surface area contributed by atoms with Crippen LogP contribution in [0.25, 0.3) is 0 Å². The highest BCUT2D eigenvalue weighted by Crippen LogP contribution is 2.26. The molecule has 0 saturated carbocycles. The van der Waals surface area contributed by atoms with Crippen LogP contribution in [0.15, 0.2) is 10.6 Å². The molecular weight excluding hydrogens is 242 g/mol. The number of hydrogen-bond donors (Lipinski definition) is 1. The average Bonchev–Trinajstić information content (AvgIpc) is 2.71. The zero-order valence-corrected chi connectivity index (χ0v) is 12.4. The van der Waals surface area contributed by atoms with Crippen molar-refractivity contribution in [3.63, 3.8) is 0 Å². The predicted molar refractivity (Wildman–Crippen MR) is 74.4 cm³/mol. The molecule has 0 aliphatic carbocycles. The fourth-order valence-corrected chi connectivity index (χ4v) is 1.98. The Hall–Kier alpha value is -1.36. The highest BCUT2D eigenvalue weighted by Gasteiger charge is 2.20. The maximum atomic E-state index is 12.0. The number of carbonyl (C=O) groups is 1. The molecule has 0 aromatic carbocycles. The van der Waals surface area contributed by atoms with Crippen LogP contribution in [0.1, 0.15) is 44.6 Å². The largest absolute Gasteiger partial charge is 0.361 e. The second-order valence-corrected chi connectivity index (χ2v) is 5.88. The summed E-state index contributed by atoms with van der Waals surface area (Å²) in [5, 5.41) is 3.89. The molecule has 0 saturated heterocycles. The molecule has 0 aliphatic rings. The van der Waals surface area contributed by atoms with E-state index in [4.69, 9.17) is 10.3 Å². The summed E-state index contributed by atoms with van der Waals surface area (Å²) in [6, 6.07) is 1.85. The smallest absolute Gasteiger partial charge is 0.222 e. The van der Waals surface area contributed by atoms with E-state index in [2.05, 4.69) is 19.0 Å². The molecule has 0 spiro atoms. The lowest BCUT2D eigenvalue weighted by Gasteiger charge is -2.24. The minimum Gasteiger partial charge on any atom is -0.361 e. The maximum Gasteiger partial charge on any atom is 0.222 e. The van der Waals surface area contributed by atoms with E-state index < -0.39 is 0 Å². The van der Waals surface area contributed by atoms with Gasteiger partial charge in [-0.15, -0.1) is 0 Å². The lowest BCUT2D eigenvalue weighted by atomic mass is 9.84. The van der Waals surface area contributed by atoms with E-state index in [1.807, 2.05) is 13.0 Å². The van der Waals surface area contributed by atoms with Crippen molar-refractivity contribution in [3.8, 4) is 0 Å². The zero-order valence-electron chi connectivity index (χ0n) is 12.4. The summed E-state index contributed by atoms with van der Waals surface area (Å²) in [5.41, 5.74) is 6.48. The second kappa shape index (κ2) is 6.70. The summed E-state index contributed by atoms with van der Waals surface area (Å²) in [7, 11) is 1.79. The van der Waals surface area contributed by atoms with E-state index in [1.165, 1.54) is 0 Å². The number of nitrogens with two attached hydrogens (primary N) is 1. The standard InChI is InChI=1S/C14H25N3O2/c1-11-9-12(16-19-11)10-17(4)13(18)5-6-14(2,3)7-8-15/h9H,5-8,10,15H2,1-4H3. The Morgan fingerprint density at radius 3 is 2.68 bits per heavy atom. The molecule has 0 radical (unpaired) electrons. The van der Waals surface area contributed by atoms with E-state index in [0.717, 1.165) is 24.3 Å². The quantitative estimate of drug-likeness (QED) is 0.821. The normalized spacial score (nSPS) is 11.6. The molecule has 0 bridgehead atoms. The van der Waals surface area contributed by atoms with E-state index in [-0.39, 0.29) is 11.3 Å². The molecule has 5 nitrogen and oxygen atoms in total. The topological polar surface area (TPSA) is 72.4 Å². The number of hydrogen-bond acceptors (Lipinski definition) is 4. The maximum absolute atomic E-state index is 12.0. The summed E-state index contributed by atoms with van der Waals surface area (Å²) >= 11 is 0. The van der Waals surface area contributed by atoms with Gasteiger partial charge in [0.25, 0.3) is 0 Å². The number of rotatable bonds is 7. The van der Waals surface area contributed by atoms with Crippen LogP contribution in [0.3, 0.4) is 0 Å². The fourth-order valence-electron chi connectivity index (χ4n) is 1.98. The number of amides is 1. The predicted octanol–water partition coefficient (Wildman–Crippen LogP) is 2.10. The molecule has 0 unspecified atom stereocenters. The summed E-state index contributed by atoms with van der Waals surface area (Å²) in [5.74, 6) is 0.894. The van der Waals surface area contributed by atoms with Gasteiger partial charge in [-0.1, -0.05) is 19.0 Å². The van der Waals surface area contributed by atoms with E-state index in [1.54, 1.807) is 11.9 Å². The van der Waals surface area contributed by atoms with Crippen molar-refractivity contribution >= 4 is 5.91 Å². The molecule has 0 fully saturated rings. The van der Waals surface area contributed by atoms with Crippen molar-refractivity contribution in [2.45, 2.75) is 46.6 Å². The van der Waals surface area contributed by atoms with Gasteiger partial charge in [0, 0.05) is 19.5 Å². The van der Waals surface area contributed by atoms with Gasteiger partial charge in [0.15, 0.2) is 0 Å². The monoisotopic (exact) mass is 267 g/mol. The van der Waals surface area contributed by atoms with Gasteiger partial charge in [-0.05, 0) is 31.7 Å². The van der Waals surface area contributed by atoms with Gasteiger partial charge in [-0.3, -0.25) is 4.79 Å². The average molecular weight is 267 g/mol. The van der Waals surface area contributed by atoms with Crippen LogP contribution in [0.2, 0.25) is 0 Å². The Balaban J connectivity index is 2.40. The third-order valence-electron chi connectivity index (χ3n) is 3.34. The SMILES string of the molecule is Cc1cc(CN(C)C(=O)CCC(C)(C)CCN)no1. The van der Waals surface area contributed by atoms with Crippen LogP contribution in [-0.2, 0) is 11.3 Å². The van der Waals surface area contributed by atoms with Gasteiger partial charge in [0.05, 0.1) is 6.54 Å². The molecular formula is C14H25N3O2. The highest BCUT2D eigenvalue weighted by atomic mass is 16.5. The van der Waals surface area contributed by atoms with Crippen LogP contribution >= 0.6 is 0 Å². The van der Waals surface area contributed by atoms with Crippen molar-refractivity contribution in [1.29, 1.82) is 0 Å². The first-order chi connectivity index (χ1) is 8.84. The van der Waals surface area contributed by atoms with Crippen molar-refractivity contribution in [2.24, 2.45) is 11.1 Å². The fraction of sp³-hybridized carbons (Fsp3) is 0.714. The summed E-state index contributed by atoms with van der Waals surface area (Å²) in [6.45, 7) is 7.29. The van der Waals surface area contributed by atoms with E-state index in [9.17, 15) is 4.79 Å². The van der Waals surface area contributed by atoms with Crippen LogP contribution in [-0.4, -0.2) is 29.6 Å². The Labute approximate surface area is 115 Å². The molecule has 1 amide bonds. The first kappa shape index (κ1) is 15.7. The lowest BCUT2D eigenvalue weighted by Crippen LogP contribution is -2.28. The van der Waals surface area contributed by atoms with Crippen LogP contribution < -0.4 is 5.73 Å². The van der Waals surface area contributed by atoms with Crippen molar-refractivity contribution < 1.29 is 9.32 Å². The molecule has 0 atom stereocenters. The Kier molecular flexibility index (Phi) is 5.54. The Morgan fingerprint density at radius 1 is 1.47 bits per heavy atom. The minimum absolute atomic E-state index is 0.121. The molecule has 19 heavy (non-hydrogen) atoms. The minimum atomic E-state index is 0.121. The molecule has 1 aromatic heterocycles. The molecule has 0 aliphatic heterocycles. The van der Waals surface area contributed by atoms with Crippen molar-refractivity contribution in [1.82, 2.24) is 10.1 Å². The third-order valence-corrected chi connectivity index (χ3v) is 3.34. The number of nitrogens with zero attached hydrogens (tertiary/aromatic N) is 2. The summed E-state index contributed by atoms with van der Waals surface area (Å²) in [6.07, 6.45) is 2.33. The van der Waals surface area contributed by atoms with Crippen LogP contribution in [0.4, 0.5) is 0 Å². The number of aryl methyl sites for hydroxylation is 1. The molecule has 1 aromatic rings. The van der Waals surface area contributed by atoms with Crippen LogP contribution in [0, 0.1) is 12.3 Å². The Bertz CT molecular complexity index is 413. The van der Waals surface area contributed by atoms with Gasteiger partial charge in [-0.2, -0.15) is 0 Å². The van der Waals surface area contributed by atoms with Gasteiger partial charge in [0.1, 0.15) is 11.5 Å². The van der Waals surface area contributed by atoms with Gasteiger partial charge >= 0.3 is 0 Å². The summed E-state index contributed by atoms with van der Waals surface area (Å²) < 4.78 is 4.99. The second-order valence-electron chi connectivity index (χ2n) is 5.88. The van der Waals surface area contributed by atoms with Crippen LogP contribution in [0.5, 0.6) is 0 Å². The lowest BCUT2D eigenvalue weighted by molar-refractivity contribution is -0.131. The van der Waals surface area contributed by atoms with Gasteiger partial charge in [0.2, 0.25) is 5.91 Å². The molecule has 2 N–H and O–H groups in total. The molecule has 5 heteroatoms. The molecule has 1 heterocycles. The highest BCUT2D eigenvalue weighted by molar-refractivity contribution is 5.75. The molecule has 108 valence electrons. The van der Waals surface area contributed by atoms with Crippen molar-refractivity contribution in [3.05, 3.63) is 17.5 Å². The van der Waals surface area contributed by atoms with Gasteiger partial charge < -0.3 is 15.2 Å². The number of aromatic nitrogens is 1. The number of carbonyl (C=O) groups excluding carboxylic acids is 1. The first-order valence-corrected chi connectivity index (χ1v) is 6.70. The molecule has 1 rings (SSSR count). The van der Waals surface area contributed by atoms with E-state index >= 15 is 0 Å². The van der Waals surface area contributed by atoms with Crippen molar-refractivity contribution in [2.75, 3.05) is 13.6 Å². The van der Waals surface area contributed by atoms with E-state index in [0.29, 0.717) is 19.5 Å².